The number of barbiturate groups is 1. The first kappa shape index (κ1) is 25.6. The summed E-state index contributed by atoms with van der Waals surface area (Å²) in [6, 6.07) is 15.3. The van der Waals surface area contributed by atoms with Crippen LogP contribution in [0.4, 0.5) is 16.2 Å². The number of non-ortho nitro benzene ring substituents is 1. The van der Waals surface area contributed by atoms with Gasteiger partial charge < -0.3 is 14.6 Å². The number of nitro benzene ring substituents is 1. The minimum atomic E-state index is -1.35. The van der Waals surface area contributed by atoms with Gasteiger partial charge in [-0.2, -0.15) is 0 Å². The van der Waals surface area contributed by atoms with Crippen molar-refractivity contribution in [3.05, 3.63) is 99.1 Å². The van der Waals surface area contributed by atoms with E-state index in [0.717, 1.165) is 17.7 Å². The monoisotopic (exact) mass is 517 g/mol. The van der Waals surface area contributed by atoms with E-state index in [0.29, 0.717) is 4.90 Å². The Morgan fingerprint density at radius 3 is 2.47 bits per heavy atom. The molecule has 38 heavy (non-hydrogen) atoms. The lowest BCUT2D eigenvalue weighted by atomic mass is 10.0. The first-order valence-electron chi connectivity index (χ1n) is 11.0. The number of hydrogen-bond acceptors (Lipinski definition) is 8. The zero-order valence-corrected chi connectivity index (χ0v) is 19.7. The maximum atomic E-state index is 13.2. The summed E-state index contributed by atoms with van der Waals surface area (Å²) < 4.78 is 11.1. The second-order valence-corrected chi connectivity index (χ2v) is 7.91. The minimum absolute atomic E-state index is 0.0305. The van der Waals surface area contributed by atoms with Crippen LogP contribution in [0.5, 0.6) is 11.5 Å². The summed E-state index contributed by atoms with van der Waals surface area (Å²) in [5, 5.41) is 22.9. The summed E-state index contributed by atoms with van der Waals surface area (Å²) in [5.74, 6) is -3.46. The molecule has 0 aromatic heterocycles. The van der Waals surface area contributed by atoms with E-state index >= 15 is 0 Å². The molecule has 0 saturated carbocycles. The number of benzene rings is 3. The van der Waals surface area contributed by atoms with Gasteiger partial charge in [0.15, 0.2) is 11.5 Å². The first-order valence-corrected chi connectivity index (χ1v) is 11.0. The van der Waals surface area contributed by atoms with Crippen LogP contribution in [0.2, 0.25) is 0 Å². The standard InChI is InChI=1S/C26H19N3O9/c1-37-21-12-16(10-19(25(32)33)22(21)38-14-15-6-3-2-4-7-15)11-20-23(30)27-26(34)28(24(20)31)17-8-5-9-18(13-17)29(35)36/h2-13H,14H2,1H3,(H,32,33)(H,27,30,34)/b20-11-. The molecule has 0 spiro atoms. The van der Waals surface area contributed by atoms with E-state index < -0.39 is 34.3 Å². The molecule has 12 heteroatoms. The van der Waals surface area contributed by atoms with Crippen molar-refractivity contribution >= 4 is 41.3 Å². The molecule has 3 aromatic carbocycles. The zero-order valence-electron chi connectivity index (χ0n) is 19.7. The van der Waals surface area contributed by atoms with Gasteiger partial charge in [-0.1, -0.05) is 36.4 Å². The Bertz CT molecular complexity index is 1500. The highest BCUT2D eigenvalue weighted by atomic mass is 16.6. The number of methoxy groups -OCH3 is 1. The average Bonchev–Trinajstić information content (AvgIpc) is 2.90. The minimum Gasteiger partial charge on any atom is -0.493 e. The molecular weight excluding hydrogens is 498 g/mol. The van der Waals surface area contributed by atoms with E-state index in [4.69, 9.17) is 9.47 Å². The SMILES string of the molecule is COc1cc(/C=C2/C(=O)NC(=O)N(c3cccc([N+](=O)[O-])c3)C2=O)cc(C(=O)O)c1OCc1ccccc1. The number of ether oxygens (including phenoxy) is 2. The molecule has 4 amide bonds. The van der Waals surface area contributed by atoms with Crippen molar-refractivity contribution in [3.8, 4) is 11.5 Å². The molecule has 1 heterocycles. The van der Waals surface area contributed by atoms with Crippen LogP contribution in [0, 0.1) is 10.1 Å². The number of anilines is 1. The van der Waals surface area contributed by atoms with Crippen molar-refractivity contribution in [2.45, 2.75) is 6.61 Å². The molecule has 2 N–H and O–H groups in total. The van der Waals surface area contributed by atoms with Crippen molar-refractivity contribution < 1.29 is 38.7 Å². The predicted molar refractivity (Wildman–Crippen MR) is 133 cm³/mol. The van der Waals surface area contributed by atoms with Crippen LogP contribution in [0.25, 0.3) is 6.08 Å². The van der Waals surface area contributed by atoms with Crippen LogP contribution in [0.1, 0.15) is 21.5 Å². The number of imide groups is 2. The van der Waals surface area contributed by atoms with E-state index in [1.54, 1.807) is 24.3 Å². The summed E-state index contributed by atoms with van der Waals surface area (Å²) >= 11 is 0. The van der Waals surface area contributed by atoms with Gasteiger partial charge in [-0.05, 0) is 35.4 Å². The summed E-state index contributed by atoms with van der Waals surface area (Å²) in [6.45, 7) is 0.0547. The van der Waals surface area contributed by atoms with Crippen molar-refractivity contribution in [1.82, 2.24) is 5.32 Å². The number of rotatable bonds is 8. The van der Waals surface area contributed by atoms with E-state index in [1.807, 2.05) is 11.4 Å². The number of carbonyl (C=O) groups excluding carboxylic acids is 3. The quantitative estimate of drug-likeness (QED) is 0.197. The Morgan fingerprint density at radius 1 is 1.08 bits per heavy atom. The molecule has 1 aliphatic heterocycles. The Kier molecular flexibility index (Phi) is 7.15. The topological polar surface area (TPSA) is 165 Å². The third-order valence-electron chi connectivity index (χ3n) is 5.46. The molecular formula is C26H19N3O9. The number of aromatic carboxylic acids is 1. The zero-order chi connectivity index (χ0) is 27.4. The molecule has 1 fully saturated rings. The molecule has 1 aliphatic rings. The van der Waals surface area contributed by atoms with E-state index in [-0.39, 0.29) is 40.6 Å². The number of carboxylic acids is 1. The summed E-state index contributed by atoms with van der Waals surface area (Å²) in [7, 11) is 1.30. The van der Waals surface area contributed by atoms with Crippen molar-refractivity contribution in [2.24, 2.45) is 0 Å². The molecule has 0 bridgehead atoms. The van der Waals surface area contributed by atoms with Crippen molar-refractivity contribution in [2.75, 3.05) is 12.0 Å². The lowest BCUT2D eigenvalue weighted by Crippen LogP contribution is -2.54. The summed E-state index contributed by atoms with van der Waals surface area (Å²) in [6.07, 6.45) is 1.09. The van der Waals surface area contributed by atoms with E-state index in [2.05, 4.69) is 0 Å². The third kappa shape index (κ3) is 5.18. The first-order chi connectivity index (χ1) is 18.2. The van der Waals surface area contributed by atoms with Gasteiger partial charge in [-0.15, -0.1) is 0 Å². The van der Waals surface area contributed by atoms with Gasteiger partial charge in [0.1, 0.15) is 17.7 Å². The fourth-order valence-electron chi connectivity index (χ4n) is 3.70. The van der Waals surface area contributed by atoms with Gasteiger partial charge in [0.2, 0.25) is 0 Å². The number of carbonyl (C=O) groups is 4. The largest absolute Gasteiger partial charge is 0.493 e. The van der Waals surface area contributed by atoms with Gasteiger partial charge >= 0.3 is 12.0 Å². The van der Waals surface area contributed by atoms with E-state index in [9.17, 15) is 34.4 Å². The lowest BCUT2D eigenvalue weighted by molar-refractivity contribution is -0.384. The van der Waals surface area contributed by atoms with Crippen LogP contribution in [-0.2, 0) is 16.2 Å². The molecule has 4 rings (SSSR count). The number of carboxylic acid groups (broad SMARTS) is 1. The average molecular weight is 517 g/mol. The molecule has 0 unspecified atom stereocenters. The third-order valence-corrected chi connectivity index (χ3v) is 5.46. The summed E-state index contributed by atoms with van der Waals surface area (Å²) in [5.41, 5.74) is -0.415. The van der Waals surface area contributed by atoms with Crippen LogP contribution in [-0.4, -0.2) is 41.0 Å². The lowest BCUT2D eigenvalue weighted by Gasteiger charge is -2.26. The Balaban J connectivity index is 1.72. The van der Waals surface area contributed by atoms with Gasteiger partial charge in [-0.3, -0.25) is 25.0 Å². The number of nitro groups is 1. The molecule has 0 radical (unpaired) electrons. The molecule has 1 saturated heterocycles. The van der Waals surface area contributed by atoms with Gasteiger partial charge in [0.25, 0.3) is 17.5 Å². The van der Waals surface area contributed by atoms with Crippen LogP contribution in [0.15, 0.2) is 72.3 Å². The molecule has 0 atom stereocenters. The second-order valence-electron chi connectivity index (χ2n) is 7.91. The van der Waals surface area contributed by atoms with Crippen LogP contribution in [0.3, 0.4) is 0 Å². The van der Waals surface area contributed by atoms with Crippen molar-refractivity contribution in [3.63, 3.8) is 0 Å². The fourth-order valence-corrected chi connectivity index (χ4v) is 3.70. The highest BCUT2D eigenvalue weighted by Crippen LogP contribution is 2.35. The fraction of sp³-hybridized carbons (Fsp3) is 0.0769. The second kappa shape index (κ2) is 10.6. The smallest absolute Gasteiger partial charge is 0.339 e. The number of hydrogen-bond donors (Lipinski definition) is 2. The highest BCUT2D eigenvalue weighted by molar-refractivity contribution is 6.39. The number of nitrogens with one attached hydrogen (secondary N) is 1. The predicted octanol–water partition coefficient (Wildman–Crippen LogP) is 3.55. The van der Waals surface area contributed by atoms with Gasteiger partial charge in [0, 0.05) is 12.1 Å². The Hall–Kier alpha value is -5.52. The molecule has 3 aromatic rings. The Labute approximate surface area is 214 Å². The van der Waals surface area contributed by atoms with E-state index in [1.165, 1.54) is 37.4 Å². The maximum Gasteiger partial charge on any atom is 0.339 e. The highest BCUT2D eigenvalue weighted by Gasteiger charge is 2.37. The molecule has 192 valence electrons. The number of amides is 4. The van der Waals surface area contributed by atoms with Gasteiger partial charge in [0.05, 0.1) is 17.7 Å². The van der Waals surface area contributed by atoms with Crippen LogP contribution >= 0.6 is 0 Å². The van der Waals surface area contributed by atoms with Crippen molar-refractivity contribution in [1.29, 1.82) is 0 Å². The Morgan fingerprint density at radius 2 is 1.82 bits per heavy atom. The van der Waals surface area contributed by atoms with Gasteiger partial charge in [-0.25, -0.2) is 14.5 Å². The number of nitrogens with zero attached hydrogens (tertiary/aromatic N) is 2. The molecule has 12 nitrogen and oxygen atoms in total. The van der Waals surface area contributed by atoms with Crippen LogP contribution < -0.4 is 19.7 Å². The maximum absolute atomic E-state index is 13.2. The molecule has 0 aliphatic carbocycles. The number of urea groups is 1. The summed E-state index contributed by atoms with van der Waals surface area (Å²) in [4.78, 5) is 61.2. The normalized spacial score (nSPS) is 14.3.